The van der Waals surface area contributed by atoms with Crippen LogP contribution in [0.15, 0.2) is 0 Å². The summed E-state index contributed by atoms with van der Waals surface area (Å²) in [4.78, 5) is 21.6. The summed E-state index contributed by atoms with van der Waals surface area (Å²) < 4.78 is 0. The summed E-state index contributed by atoms with van der Waals surface area (Å²) in [7, 11) is 0. The van der Waals surface area contributed by atoms with Crippen LogP contribution in [0.5, 0.6) is 0 Å². The minimum absolute atomic E-state index is 0.341. The molecule has 0 fully saturated rings. The van der Waals surface area contributed by atoms with Crippen molar-refractivity contribution < 1.29 is 19.8 Å². The van der Waals surface area contributed by atoms with Gasteiger partial charge in [-0.05, 0) is 5.92 Å². The van der Waals surface area contributed by atoms with Crippen LogP contribution in [0.4, 0.5) is 4.79 Å². The fourth-order valence-corrected chi connectivity index (χ4v) is 0.806. The van der Waals surface area contributed by atoms with E-state index in [1.54, 1.807) is 0 Å². The maximum Gasteiger partial charge on any atom is 0.328 e. The lowest BCUT2D eigenvalue weighted by Crippen LogP contribution is -2.48. The Morgan fingerprint density at radius 3 is 2.40 bits per heavy atom. The summed E-state index contributed by atoms with van der Waals surface area (Å²) in [5, 5.41) is 21.9. The molecule has 0 aromatic carbocycles. The Kier molecular flexibility index (Phi) is 6.44. The van der Waals surface area contributed by atoms with E-state index in [9.17, 15) is 9.59 Å². The van der Waals surface area contributed by atoms with Gasteiger partial charge < -0.3 is 20.8 Å². The lowest BCUT2D eigenvalue weighted by molar-refractivity contribution is -0.140. The van der Waals surface area contributed by atoms with Crippen LogP contribution in [0.3, 0.4) is 0 Å². The van der Waals surface area contributed by atoms with Crippen LogP contribution < -0.4 is 10.6 Å². The molecule has 0 radical (unpaired) electrons. The molecule has 0 saturated carbocycles. The average Bonchev–Trinajstić information content (AvgIpc) is 2.21. The molecule has 0 rings (SSSR count). The number of carbonyl (C=O) groups is 2. The summed E-state index contributed by atoms with van der Waals surface area (Å²) in [5.41, 5.74) is 0. The largest absolute Gasteiger partial charge is 0.480 e. The van der Waals surface area contributed by atoms with E-state index >= 15 is 0 Å². The number of carboxylic acids is 1. The zero-order valence-corrected chi connectivity index (χ0v) is 8.99. The predicted molar refractivity (Wildman–Crippen MR) is 54.5 cm³/mol. The molecule has 0 bridgehead atoms. The number of aliphatic hydroxyl groups excluding tert-OH is 1. The van der Waals surface area contributed by atoms with Crippen LogP contribution in [0.1, 0.15) is 20.3 Å². The van der Waals surface area contributed by atoms with Gasteiger partial charge in [0.2, 0.25) is 0 Å². The highest BCUT2D eigenvalue weighted by molar-refractivity contribution is 5.82. The van der Waals surface area contributed by atoms with E-state index in [1.165, 1.54) is 0 Å². The number of urea groups is 1. The van der Waals surface area contributed by atoms with Gasteiger partial charge in [-0.3, -0.25) is 0 Å². The molecule has 15 heavy (non-hydrogen) atoms. The summed E-state index contributed by atoms with van der Waals surface area (Å²) in [6, 6.07) is -1.82. The molecule has 0 spiro atoms. The molecule has 6 nitrogen and oxygen atoms in total. The standard InChI is InChI=1S/C9H18N2O4/c1-3-6(2)4-10-9(15)11-7(5-12)8(13)14/h6-7,12H,3-5H2,1-2H3,(H,13,14)(H2,10,11,15). The van der Waals surface area contributed by atoms with E-state index in [0.29, 0.717) is 12.5 Å². The van der Waals surface area contributed by atoms with Gasteiger partial charge in [-0.2, -0.15) is 0 Å². The van der Waals surface area contributed by atoms with E-state index in [2.05, 4.69) is 10.6 Å². The average molecular weight is 218 g/mol. The van der Waals surface area contributed by atoms with Crippen molar-refractivity contribution in [1.29, 1.82) is 0 Å². The minimum Gasteiger partial charge on any atom is -0.480 e. The highest BCUT2D eigenvalue weighted by Crippen LogP contribution is 1.96. The highest BCUT2D eigenvalue weighted by atomic mass is 16.4. The zero-order chi connectivity index (χ0) is 11.8. The van der Waals surface area contributed by atoms with Crippen molar-refractivity contribution in [3.63, 3.8) is 0 Å². The minimum atomic E-state index is -1.25. The van der Waals surface area contributed by atoms with Gasteiger partial charge in [0, 0.05) is 6.54 Å². The summed E-state index contributed by atoms with van der Waals surface area (Å²) in [5.74, 6) is -0.913. The van der Waals surface area contributed by atoms with E-state index in [0.717, 1.165) is 6.42 Å². The molecule has 0 aliphatic carbocycles. The van der Waals surface area contributed by atoms with Gasteiger partial charge in [0.05, 0.1) is 6.61 Å². The van der Waals surface area contributed by atoms with E-state index < -0.39 is 24.6 Å². The number of nitrogens with one attached hydrogen (secondary N) is 2. The monoisotopic (exact) mass is 218 g/mol. The second-order valence-electron chi connectivity index (χ2n) is 3.44. The SMILES string of the molecule is CCC(C)CNC(=O)NC(CO)C(=O)O. The fourth-order valence-electron chi connectivity index (χ4n) is 0.806. The Hall–Kier alpha value is -1.30. The Labute approximate surface area is 88.7 Å². The van der Waals surface area contributed by atoms with Crippen molar-refractivity contribution >= 4 is 12.0 Å². The van der Waals surface area contributed by atoms with Crippen LogP contribution in [-0.2, 0) is 4.79 Å². The van der Waals surface area contributed by atoms with Crippen molar-refractivity contribution in [2.75, 3.05) is 13.2 Å². The quantitative estimate of drug-likeness (QED) is 0.495. The van der Waals surface area contributed by atoms with Crippen molar-refractivity contribution in [2.24, 2.45) is 5.92 Å². The molecule has 0 aliphatic heterocycles. The number of aliphatic carboxylic acids is 1. The number of amides is 2. The van der Waals surface area contributed by atoms with Crippen molar-refractivity contribution in [3.05, 3.63) is 0 Å². The van der Waals surface area contributed by atoms with Gasteiger partial charge in [-0.15, -0.1) is 0 Å². The molecular weight excluding hydrogens is 200 g/mol. The first-order valence-electron chi connectivity index (χ1n) is 4.89. The first kappa shape index (κ1) is 13.7. The molecule has 0 heterocycles. The van der Waals surface area contributed by atoms with Gasteiger partial charge in [0.25, 0.3) is 0 Å². The second kappa shape index (κ2) is 7.05. The molecule has 4 N–H and O–H groups in total. The van der Waals surface area contributed by atoms with Crippen LogP contribution in [0, 0.1) is 5.92 Å². The first-order chi connectivity index (χ1) is 7.01. The number of aliphatic hydroxyl groups is 1. The predicted octanol–water partition coefficient (Wildman–Crippen LogP) is -0.223. The second-order valence-corrected chi connectivity index (χ2v) is 3.44. The Balaban J connectivity index is 3.86. The molecule has 0 saturated heterocycles. The van der Waals surface area contributed by atoms with E-state index in [4.69, 9.17) is 10.2 Å². The third-order valence-electron chi connectivity index (χ3n) is 2.09. The fraction of sp³-hybridized carbons (Fsp3) is 0.778. The van der Waals surface area contributed by atoms with Crippen molar-refractivity contribution in [2.45, 2.75) is 26.3 Å². The van der Waals surface area contributed by atoms with Gasteiger partial charge >= 0.3 is 12.0 Å². The van der Waals surface area contributed by atoms with Crippen LogP contribution >= 0.6 is 0 Å². The Morgan fingerprint density at radius 1 is 1.40 bits per heavy atom. The third kappa shape index (κ3) is 5.90. The number of hydrogen-bond acceptors (Lipinski definition) is 3. The van der Waals surface area contributed by atoms with Gasteiger partial charge in [0.15, 0.2) is 6.04 Å². The zero-order valence-electron chi connectivity index (χ0n) is 8.99. The van der Waals surface area contributed by atoms with Crippen molar-refractivity contribution in [1.82, 2.24) is 10.6 Å². The van der Waals surface area contributed by atoms with Crippen LogP contribution in [0.25, 0.3) is 0 Å². The molecule has 2 amide bonds. The van der Waals surface area contributed by atoms with Gasteiger partial charge in [0.1, 0.15) is 0 Å². The Bertz CT molecular complexity index is 220. The third-order valence-corrected chi connectivity index (χ3v) is 2.09. The molecule has 0 aromatic rings. The number of carboxylic acid groups (broad SMARTS) is 1. The summed E-state index contributed by atoms with van der Waals surface area (Å²) in [6.45, 7) is 3.84. The molecule has 2 atom stereocenters. The molecule has 0 aromatic heterocycles. The van der Waals surface area contributed by atoms with Gasteiger partial charge in [-0.1, -0.05) is 20.3 Å². The number of hydrogen-bond donors (Lipinski definition) is 4. The molecule has 2 unspecified atom stereocenters. The van der Waals surface area contributed by atoms with E-state index in [-0.39, 0.29) is 0 Å². The molecule has 88 valence electrons. The Morgan fingerprint density at radius 2 is 2.00 bits per heavy atom. The smallest absolute Gasteiger partial charge is 0.328 e. The maximum atomic E-state index is 11.1. The van der Waals surface area contributed by atoms with Gasteiger partial charge in [-0.25, -0.2) is 9.59 Å². The lowest BCUT2D eigenvalue weighted by Gasteiger charge is -2.14. The summed E-state index contributed by atoms with van der Waals surface area (Å²) in [6.07, 6.45) is 0.933. The lowest BCUT2D eigenvalue weighted by atomic mass is 10.1. The first-order valence-corrected chi connectivity index (χ1v) is 4.89. The topological polar surface area (TPSA) is 98.7 Å². The molecule has 6 heteroatoms. The van der Waals surface area contributed by atoms with Crippen molar-refractivity contribution in [3.8, 4) is 0 Å². The van der Waals surface area contributed by atoms with Crippen LogP contribution in [-0.4, -0.2) is 41.4 Å². The van der Waals surface area contributed by atoms with Crippen LogP contribution in [0.2, 0.25) is 0 Å². The summed E-state index contributed by atoms with van der Waals surface area (Å²) >= 11 is 0. The van der Waals surface area contributed by atoms with E-state index in [1.807, 2.05) is 13.8 Å². The molecule has 0 aliphatic rings. The molecular formula is C9H18N2O4. The normalized spacial score (nSPS) is 14.1. The number of carbonyl (C=O) groups excluding carboxylic acids is 1. The number of rotatable bonds is 6. The maximum absolute atomic E-state index is 11.1. The highest BCUT2D eigenvalue weighted by Gasteiger charge is 2.18.